The van der Waals surface area contributed by atoms with Crippen LogP contribution in [0.5, 0.6) is 0 Å². The standard InChI is InChI=1S/C20H18F3N3O2/c21-20(22,23)15-6-3-9-24-17(15)19(28)26-11-13-5-2-1-4-12(13)10-16(26)18(27)25-14-7-8-14/h1-6,9,14,16H,7-8,10-11H2,(H,25,27)/t16-/m0/s1. The molecule has 0 unspecified atom stereocenters. The molecule has 5 nitrogen and oxygen atoms in total. The van der Waals surface area contributed by atoms with Gasteiger partial charge >= 0.3 is 6.18 Å². The summed E-state index contributed by atoms with van der Waals surface area (Å²) in [6.07, 6.45) is -1.55. The number of nitrogens with zero attached hydrogens (tertiary/aromatic N) is 2. The molecular formula is C20H18F3N3O2. The van der Waals surface area contributed by atoms with Crippen molar-refractivity contribution in [3.63, 3.8) is 0 Å². The lowest BCUT2D eigenvalue weighted by molar-refractivity contribution is -0.138. The molecule has 2 aromatic rings. The van der Waals surface area contributed by atoms with Gasteiger partial charge in [0.25, 0.3) is 5.91 Å². The third kappa shape index (κ3) is 3.58. The first-order valence-electron chi connectivity index (χ1n) is 9.05. The average molecular weight is 389 g/mol. The third-order valence-corrected chi connectivity index (χ3v) is 5.05. The van der Waals surface area contributed by atoms with E-state index >= 15 is 0 Å². The van der Waals surface area contributed by atoms with Crippen LogP contribution < -0.4 is 5.32 Å². The van der Waals surface area contributed by atoms with Crippen molar-refractivity contribution >= 4 is 11.8 Å². The second-order valence-electron chi connectivity index (χ2n) is 7.10. The summed E-state index contributed by atoms with van der Waals surface area (Å²) in [7, 11) is 0. The molecule has 0 saturated heterocycles. The predicted molar refractivity (Wildman–Crippen MR) is 94.2 cm³/mol. The molecule has 1 aliphatic heterocycles. The van der Waals surface area contributed by atoms with Crippen LogP contribution in [0.25, 0.3) is 0 Å². The highest BCUT2D eigenvalue weighted by Gasteiger charge is 2.41. The van der Waals surface area contributed by atoms with Gasteiger partial charge in [-0.3, -0.25) is 14.6 Å². The van der Waals surface area contributed by atoms with E-state index in [9.17, 15) is 22.8 Å². The molecule has 1 aromatic carbocycles. The topological polar surface area (TPSA) is 62.3 Å². The van der Waals surface area contributed by atoms with Crippen molar-refractivity contribution in [1.82, 2.24) is 15.2 Å². The minimum Gasteiger partial charge on any atom is -0.352 e. The fourth-order valence-corrected chi connectivity index (χ4v) is 3.44. The van der Waals surface area contributed by atoms with Crippen molar-refractivity contribution in [1.29, 1.82) is 0 Å². The van der Waals surface area contributed by atoms with E-state index in [1.165, 1.54) is 4.90 Å². The summed E-state index contributed by atoms with van der Waals surface area (Å²) in [6.45, 7) is 0.0611. The van der Waals surface area contributed by atoms with Crippen LogP contribution in [0.1, 0.15) is 40.0 Å². The van der Waals surface area contributed by atoms with Gasteiger partial charge in [0.05, 0.1) is 5.56 Å². The first-order chi connectivity index (χ1) is 13.3. The fourth-order valence-electron chi connectivity index (χ4n) is 3.44. The molecule has 0 radical (unpaired) electrons. The van der Waals surface area contributed by atoms with Gasteiger partial charge in [-0.25, -0.2) is 0 Å². The number of carbonyl (C=O) groups is 2. The van der Waals surface area contributed by atoms with Gasteiger partial charge in [0, 0.05) is 25.2 Å². The highest BCUT2D eigenvalue weighted by molar-refractivity contribution is 5.97. The van der Waals surface area contributed by atoms with Crippen molar-refractivity contribution < 1.29 is 22.8 Å². The van der Waals surface area contributed by atoms with Gasteiger partial charge in [-0.1, -0.05) is 24.3 Å². The molecule has 2 heterocycles. The van der Waals surface area contributed by atoms with E-state index in [2.05, 4.69) is 10.3 Å². The zero-order valence-electron chi connectivity index (χ0n) is 14.9. The minimum absolute atomic E-state index is 0.0611. The number of pyridine rings is 1. The first kappa shape index (κ1) is 18.5. The Bertz CT molecular complexity index is 925. The lowest BCUT2D eigenvalue weighted by Gasteiger charge is -2.36. The smallest absolute Gasteiger partial charge is 0.352 e. The molecule has 2 amide bonds. The molecule has 2 aliphatic rings. The summed E-state index contributed by atoms with van der Waals surface area (Å²) in [5.41, 5.74) is -0.0470. The highest BCUT2D eigenvalue weighted by atomic mass is 19.4. The predicted octanol–water partition coefficient (Wildman–Crippen LogP) is 2.95. The second kappa shape index (κ2) is 6.92. The Kier molecular flexibility index (Phi) is 4.56. The molecular weight excluding hydrogens is 371 g/mol. The molecule has 28 heavy (non-hydrogen) atoms. The first-order valence-corrected chi connectivity index (χ1v) is 9.05. The lowest BCUT2D eigenvalue weighted by Crippen LogP contribution is -2.53. The number of nitrogens with one attached hydrogen (secondary N) is 1. The molecule has 0 bridgehead atoms. The highest BCUT2D eigenvalue weighted by Crippen LogP contribution is 2.33. The number of alkyl halides is 3. The Balaban J connectivity index is 1.71. The van der Waals surface area contributed by atoms with E-state index in [4.69, 9.17) is 0 Å². The number of halogens is 3. The van der Waals surface area contributed by atoms with Crippen molar-refractivity contribution in [2.24, 2.45) is 0 Å². The van der Waals surface area contributed by atoms with Crippen molar-refractivity contribution in [3.05, 3.63) is 65.0 Å². The van der Waals surface area contributed by atoms with Gasteiger partial charge in [-0.05, 0) is 36.1 Å². The number of hydrogen-bond acceptors (Lipinski definition) is 3. The zero-order chi connectivity index (χ0) is 19.9. The average Bonchev–Trinajstić information content (AvgIpc) is 3.49. The van der Waals surface area contributed by atoms with Crippen LogP contribution in [-0.2, 0) is 23.9 Å². The second-order valence-corrected chi connectivity index (χ2v) is 7.10. The monoisotopic (exact) mass is 389 g/mol. The Morgan fingerprint density at radius 3 is 2.46 bits per heavy atom. The van der Waals surface area contributed by atoms with Crippen molar-refractivity contribution in [2.75, 3.05) is 0 Å². The van der Waals surface area contributed by atoms with Crippen molar-refractivity contribution in [2.45, 2.75) is 44.1 Å². The maximum absolute atomic E-state index is 13.4. The van der Waals surface area contributed by atoms with Crippen LogP contribution in [-0.4, -0.2) is 33.8 Å². The summed E-state index contributed by atoms with van der Waals surface area (Å²) >= 11 is 0. The summed E-state index contributed by atoms with van der Waals surface area (Å²) in [4.78, 5) is 30.7. The molecule has 4 rings (SSSR count). The third-order valence-electron chi connectivity index (χ3n) is 5.05. The van der Waals surface area contributed by atoms with Crippen LogP contribution >= 0.6 is 0 Å². The van der Waals surface area contributed by atoms with E-state index in [1.807, 2.05) is 18.2 Å². The summed E-state index contributed by atoms with van der Waals surface area (Å²) in [6, 6.07) is 8.51. The number of aromatic nitrogens is 1. The maximum Gasteiger partial charge on any atom is 0.418 e. The van der Waals surface area contributed by atoms with E-state index in [-0.39, 0.29) is 24.9 Å². The van der Waals surface area contributed by atoms with Gasteiger partial charge in [0.2, 0.25) is 5.91 Å². The van der Waals surface area contributed by atoms with Crippen LogP contribution in [0.4, 0.5) is 13.2 Å². The number of fused-ring (bicyclic) bond motifs is 1. The fraction of sp³-hybridized carbons (Fsp3) is 0.350. The van der Waals surface area contributed by atoms with Crippen LogP contribution in [0.15, 0.2) is 42.6 Å². The number of rotatable bonds is 3. The number of benzene rings is 1. The maximum atomic E-state index is 13.4. The van der Waals surface area contributed by atoms with Crippen LogP contribution in [0.2, 0.25) is 0 Å². The molecule has 8 heteroatoms. The van der Waals surface area contributed by atoms with Crippen LogP contribution in [0, 0.1) is 0 Å². The number of carbonyl (C=O) groups excluding carboxylic acids is 2. The van der Waals surface area contributed by atoms with Gasteiger partial charge in [0.1, 0.15) is 11.7 Å². The quantitative estimate of drug-likeness (QED) is 0.878. The molecule has 1 saturated carbocycles. The Labute approximate surface area is 159 Å². The molecule has 1 fully saturated rings. The van der Waals surface area contributed by atoms with Gasteiger partial charge < -0.3 is 10.2 Å². The van der Waals surface area contributed by atoms with E-state index in [0.29, 0.717) is 0 Å². The molecule has 1 atom stereocenters. The molecule has 146 valence electrons. The molecule has 1 aliphatic carbocycles. The number of amides is 2. The molecule has 1 N–H and O–H groups in total. The summed E-state index contributed by atoms with van der Waals surface area (Å²) in [5, 5.41) is 2.86. The van der Waals surface area contributed by atoms with Crippen molar-refractivity contribution in [3.8, 4) is 0 Å². The Morgan fingerprint density at radius 2 is 1.79 bits per heavy atom. The zero-order valence-corrected chi connectivity index (χ0v) is 14.9. The summed E-state index contributed by atoms with van der Waals surface area (Å²) in [5.74, 6) is -1.23. The minimum atomic E-state index is -4.71. The van der Waals surface area contributed by atoms with E-state index in [1.54, 1.807) is 6.07 Å². The Morgan fingerprint density at radius 1 is 1.07 bits per heavy atom. The molecule has 0 spiro atoms. The van der Waals surface area contributed by atoms with E-state index in [0.717, 1.165) is 42.3 Å². The lowest BCUT2D eigenvalue weighted by atomic mass is 9.92. The summed E-state index contributed by atoms with van der Waals surface area (Å²) < 4.78 is 40.1. The Hall–Kier alpha value is -2.90. The largest absolute Gasteiger partial charge is 0.418 e. The molecule has 1 aromatic heterocycles. The van der Waals surface area contributed by atoms with Gasteiger partial charge in [-0.2, -0.15) is 13.2 Å². The van der Waals surface area contributed by atoms with E-state index < -0.39 is 29.4 Å². The van der Waals surface area contributed by atoms with Gasteiger partial charge in [0.15, 0.2) is 0 Å². The van der Waals surface area contributed by atoms with Crippen LogP contribution in [0.3, 0.4) is 0 Å². The van der Waals surface area contributed by atoms with Gasteiger partial charge in [-0.15, -0.1) is 0 Å². The number of hydrogen-bond donors (Lipinski definition) is 1. The SMILES string of the molecule is O=C(NC1CC1)[C@@H]1Cc2ccccc2CN1C(=O)c1ncccc1C(F)(F)F. The normalized spacial score (nSPS) is 19.1.